The van der Waals surface area contributed by atoms with Crippen LogP contribution in [0.15, 0.2) is 18.2 Å². The zero-order valence-corrected chi connectivity index (χ0v) is 10.2. The van der Waals surface area contributed by atoms with Gasteiger partial charge in [0.25, 0.3) is 11.6 Å². The van der Waals surface area contributed by atoms with E-state index in [0.717, 1.165) is 12.8 Å². The van der Waals surface area contributed by atoms with Gasteiger partial charge < -0.3 is 5.32 Å². The van der Waals surface area contributed by atoms with Crippen molar-refractivity contribution in [2.24, 2.45) is 0 Å². The fourth-order valence-electron chi connectivity index (χ4n) is 1.28. The van der Waals surface area contributed by atoms with Crippen molar-refractivity contribution in [1.82, 2.24) is 5.32 Å². The maximum atomic E-state index is 11.7. The van der Waals surface area contributed by atoms with Crippen LogP contribution in [0, 0.1) is 10.1 Å². The van der Waals surface area contributed by atoms with Gasteiger partial charge in [0, 0.05) is 18.7 Å². The minimum atomic E-state index is -0.551. The largest absolute Gasteiger partial charge is 0.352 e. The van der Waals surface area contributed by atoms with Gasteiger partial charge in [0.15, 0.2) is 0 Å². The van der Waals surface area contributed by atoms with Crippen molar-refractivity contribution in [3.8, 4) is 0 Å². The molecule has 0 spiro atoms. The first-order valence-corrected chi connectivity index (χ1v) is 5.66. The van der Waals surface area contributed by atoms with Crippen LogP contribution in [-0.2, 0) is 0 Å². The third kappa shape index (κ3) is 3.71. The minimum absolute atomic E-state index is 0.0909. The number of carbonyl (C=O) groups excluding carboxylic acids is 1. The molecule has 0 saturated heterocycles. The molecule has 0 atom stereocenters. The van der Waals surface area contributed by atoms with E-state index in [1.165, 1.54) is 18.2 Å². The number of nitro benzene ring substituents is 1. The molecule has 0 aliphatic carbocycles. The molecule has 1 N–H and O–H groups in total. The Morgan fingerprint density at radius 3 is 2.76 bits per heavy atom. The number of nitrogens with zero attached hydrogens (tertiary/aromatic N) is 1. The summed E-state index contributed by atoms with van der Waals surface area (Å²) in [6.45, 7) is 2.59. The number of benzene rings is 1. The highest BCUT2D eigenvalue weighted by Crippen LogP contribution is 2.22. The predicted molar refractivity (Wildman–Crippen MR) is 65.3 cm³/mol. The Morgan fingerprint density at radius 2 is 2.24 bits per heavy atom. The third-order valence-electron chi connectivity index (χ3n) is 2.22. The van der Waals surface area contributed by atoms with Gasteiger partial charge in [-0.2, -0.15) is 0 Å². The number of halogens is 1. The van der Waals surface area contributed by atoms with Crippen LogP contribution < -0.4 is 5.32 Å². The van der Waals surface area contributed by atoms with E-state index in [9.17, 15) is 14.9 Å². The number of carbonyl (C=O) groups is 1. The molecule has 0 unspecified atom stereocenters. The van der Waals surface area contributed by atoms with Gasteiger partial charge >= 0.3 is 0 Å². The van der Waals surface area contributed by atoms with Gasteiger partial charge in [-0.1, -0.05) is 24.9 Å². The number of hydrogen-bond donors (Lipinski definition) is 1. The van der Waals surface area contributed by atoms with Gasteiger partial charge in [0.2, 0.25) is 0 Å². The molecule has 1 rings (SSSR count). The maximum absolute atomic E-state index is 11.7. The van der Waals surface area contributed by atoms with Crippen molar-refractivity contribution in [3.05, 3.63) is 38.9 Å². The molecule has 17 heavy (non-hydrogen) atoms. The molecule has 0 aliphatic heterocycles. The summed E-state index contributed by atoms with van der Waals surface area (Å²) < 4.78 is 0. The standard InChI is InChI=1S/C11H13ClN2O3/c1-2-3-6-13-11(15)9-5-4-8(14(16)17)7-10(9)12/h4-5,7H,2-3,6H2,1H3,(H,13,15). The quantitative estimate of drug-likeness (QED) is 0.500. The highest BCUT2D eigenvalue weighted by molar-refractivity contribution is 6.34. The fourth-order valence-corrected chi connectivity index (χ4v) is 1.54. The molecule has 0 fully saturated rings. The molecule has 1 aromatic rings. The van der Waals surface area contributed by atoms with Crippen molar-refractivity contribution in [1.29, 1.82) is 0 Å². The molecule has 0 aromatic heterocycles. The van der Waals surface area contributed by atoms with Crippen LogP contribution in [0.5, 0.6) is 0 Å². The predicted octanol–water partition coefficient (Wildman–Crippen LogP) is 2.78. The molecule has 0 radical (unpaired) electrons. The smallest absolute Gasteiger partial charge is 0.270 e. The molecule has 6 heteroatoms. The molecular formula is C11H13ClN2O3. The summed E-state index contributed by atoms with van der Waals surface area (Å²) in [7, 11) is 0. The van der Waals surface area contributed by atoms with Crippen LogP contribution >= 0.6 is 11.6 Å². The first-order chi connectivity index (χ1) is 8.06. The molecule has 0 heterocycles. The number of hydrogen-bond acceptors (Lipinski definition) is 3. The lowest BCUT2D eigenvalue weighted by molar-refractivity contribution is -0.384. The number of nitro groups is 1. The molecule has 0 aliphatic rings. The zero-order chi connectivity index (χ0) is 12.8. The van der Waals surface area contributed by atoms with E-state index >= 15 is 0 Å². The Hall–Kier alpha value is -1.62. The normalized spacial score (nSPS) is 10.0. The maximum Gasteiger partial charge on any atom is 0.270 e. The van der Waals surface area contributed by atoms with Gasteiger partial charge in [0.05, 0.1) is 15.5 Å². The van der Waals surface area contributed by atoms with Crippen molar-refractivity contribution >= 4 is 23.2 Å². The molecule has 1 aromatic carbocycles. The fraction of sp³-hybridized carbons (Fsp3) is 0.364. The van der Waals surface area contributed by atoms with Gasteiger partial charge in [-0.15, -0.1) is 0 Å². The Labute approximate surface area is 104 Å². The molecule has 0 bridgehead atoms. The average Bonchev–Trinajstić information content (AvgIpc) is 2.28. The Kier molecular flexibility index (Phi) is 4.90. The van der Waals surface area contributed by atoms with Gasteiger partial charge in [-0.05, 0) is 12.5 Å². The Morgan fingerprint density at radius 1 is 1.53 bits per heavy atom. The lowest BCUT2D eigenvalue weighted by Crippen LogP contribution is -2.24. The zero-order valence-electron chi connectivity index (χ0n) is 9.40. The number of rotatable bonds is 5. The van der Waals surface area contributed by atoms with Crippen LogP contribution in [0.4, 0.5) is 5.69 Å². The Bertz CT molecular complexity index is 435. The summed E-state index contributed by atoms with van der Waals surface area (Å²) in [5.41, 5.74) is 0.133. The molecular weight excluding hydrogens is 244 g/mol. The number of non-ortho nitro benzene ring substituents is 1. The third-order valence-corrected chi connectivity index (χ3v) is 2.54. The molecule has 0 saturated carbocycles. The number of nitrogens with one attached hydrogen (secondary N) is 1. The van der Waals surface area contributed by atoms with Crippen molar-refractivity contribution in [3.63, 3.8) is 0 Å². The second kappa shape index (κ2) is 6.20. The van der Waals surface area contributed by atoms with E-state index in [2.05, 4.69) is 5.32 Å². The summed E-state index contributed by atoms with van der Waals surface area (Å²) in [5.74, 6) is -0.307. The van der Waals surface area contributed by atoms with E-state index in [4.69, 9.17) is 11.6 Å². The van der Waals surface area contributed by atoms with Crippen molar-refractivity contribution in [2.45, 2.75) is 19.8 Å². The van der Waals surface area contributed by atoms with E-state index in [-0.39, 0.29) is 22.2 Å². The summed E-state index contributed by atoms with van der Waals surface area (Å²) in [6.07, 6.45) is 1.87. The second-order valence-electron chi connectivity index (χ2n) is 3.53. The van der Waals surface area contributed by atoms with E-state index in [0.29, 0.717) is 6.54 Å². The highest BCUT2D eigenvalue weighted by Gasteiger charge is 2.14. The van der Waals surface area contributed by atoms with E-state index < -0.39 is 4.92 Å². The van der Waals surface area contributed by atoms with Crippen LogP contribution in [0.25, 0.3) is 0 Å². The highest BCUT2D eigenvalue weighted by atomic mass is 35.5. The molecule has 92 valence electrons. The first-order valence-electron chi connectivity index (χ1n) is 5.28. The first kappa shape index (κ1) is 13.4. The van der Waals surface area contributed by atoms with Crippen LogP contribution in [0.1, 0.15) is 30.1 Å². The SMILES string of the molecule is CCCCNC(=O)c1ccc([N+](=O)[O-])cc1Cl. The lowest BCUT2D eigenvalue weighted by atomic mass is 10.2. The summed E-state index contributed by atoms with van der Waals surface area (Å²) in [5, 5.41) is 13.3. The van der Waals surface area contributed by atoms with Gasteiger partial charge in [-0.25, -0.2) is 0 Å². The lowest BCUT2D eigenvalue weighted by Gasteiger charge is -2.05. The molecule has 5 nitrogen and oxygen atoms in total. The molecule has 1 amide bonds. The topological polar surface area (TPSA) is 72.2 Å². The minimum Gasteiger partial charge on any atom is -0.352 e. The number of unbranched alkanes of at least 4 members (excludes halogenated alkanes) is 1. The monoisotopic (exact) mass is 256 g/mol. The average molecular weight is 257 g/mol. The number of amides is 1. The van der Waals surface area contributed by atoms with E-state index in [1.807, 2.05) is 6.92 Å². The van der Waals surface area contributed by atoms with Gasteiger partial charge in [0.1, 0.15) is 0 Å². The van der Waals surface area contributed by atoms with Crippen molar-refractivity contribution < 1.29 is 9.72 Å². The van der Waals surface area contributed by atoms with Crippen molar-refractivity contribution in [2.75, 3.05) is 6.54 Å². The van der Waals surface area contributed by atoms with Gasteiger partial charge in [-0.3, -0.25) is 14.9 Å². The van der Waals surface area contributed by atoms with E-state index in [1.54, 1.807) is 0 Å². The summed E-state index contributed by atoms with van der Waals surface area (Å²) in [6, 6.07) is 3.80. The Balaban J connectivity index is 2.78. The van der Waals surface area contributed by atoms with Crippen LogP contribution in [-0.4, -0.2) is 17.4 Å². The second-order valence-corrected chi connectivity index (χ2v) is 3.94. The summed E-state index contributed by atoms with van der Waals surface area (Å²) >= 11 is 5.82. The summed E-state index contributed by atoms with van der Waals surface area (Å²) in [4.78, 5) is 21.6. The van der Waals surface area contributed by atoms with Crippen LogP contribution in [0.3, 0.4) is 0 Å². The van der Waals surface area contributed by atoms with Crippen LogP contribution in [0.2, 0.25) is 5.02 Å².